The molecular weight excluding hydrogens is 427 g/mol. The summed E-state index contributed by atoms with van der Waals surface area (Å²) >= 11 is 1.78. The molecule has 0 spiro atoms. The van der Waals surface area contributed by atoms with E-state index in [0.29, 0.717) is 5.56 Å². The minimum absolute atomic E-state index is 0.00983. The molecule has 0 radical (unpaired) electrons. The molecule has 2 aliphatic rings. The SMILES string of the molecule is COc1cccc2c1C(OC)CN(CCCN1CCC(C(=O)c3ccc(F)cc3)CC1)S2. The van der Waals surface area contributed by atoms with Crippen molar-refractivity contribution in [2.24, 2.45) is 5.92 Å². The molecule has 0 saturated carbocycles. The quantitative estimate of drug-likeness (QED) is 0.417. The third-order valence-electron chi connectivity index (χ3n) is 6.42. The first-order chi connectivity index (χ1) is 15.6. The van der Waals surface area contributed by atoms with Gasteiger partial charge in [-0.25, -0.2) is 8.70 Å². The molecule has 0 aromatic heterocycles. The summed E-state index contributed by atoms with van der Waals surface area (Å²) in [5.74, 6) is 0.777. The van der Waals surface area contributed by atoms with Crippen molar-refractivity contribution in [3.8, 4) is 5.75 Å². The summed E-state index contributed by atoms with van der Waals surface area (Å²) in [5.41, 5.74) is 1.77. The van der Waals surface area contributed by atoms with E-state index in [0.717, 1.165) is 63.3 Å². The first-order valence-corrected chi connectivity index (χ1v) is 12.0. The van der Waals surface area contributed by atoms with Crippen molar-refractivity contribution in [2.45, 2.75) is 30.3 Å². The first-order valence-electron chi connectivity index (χ1n) is 11.2. The van der Waals surface area contributed by atoms with Gasteiger partial charge in [0.25, 0.3) is 0 Å². The molecule has 5 nitrogen and oxygen atoms in total. The standard InChI is InChI=1S/C25H31FN2O3S/c1-30-21-5-3-6-23-24(21)22(31-2)17-28(32-23)14-4-13-27-15-11-19(12-16-27)25(29)18-7-9-20(26)10-8-18/h3,5-10,19,22H,4,11-17H2,1-2H3. The lowest BCUT2D eigenvalue weighted by atomic mass is 9.89. The molecule has 2 aromatic rings. The molecular formula is C25H31FN2O3S. The largest absolute Gasteiger partial charge is 0.496 e. The van der Waals surface area contributed by atoms with Gasteiger partial charge in [0.05, 0.1) is 7.11 Å². The number of ketones is 1. The minimum atomic E-state index is -0.303. The zero-order valence-corrected chi connectivity index (χ0v) is 19.6. The van der Waals surface area contributed by atoms with Gasteiger partial charge < -0.3 is 14.4 Å². The van der Waals surface area contributed by atoms with E-state index in [9.17, 15) is 9.18 Å². The van der Waals surface area contributed by atoms with Gasteiger partial charge >= 0.3 is 0 Å². The van der Waals surface area contributed by atoms with E-state index in [1.807, 2.05) is 12.1 Å². The summed E-state index contributed by atoms with van der Waals surface area (Å²) in [7, 11) is 3.46. The van der Waals surface area contributed by atoms with Crippen LogP contribution in [0, 0.1) is 11.7 Å². The maximum absolute atomic E-state index is 13.1. The van der Waals surface area contributed by atoms with Crippen LogP contribution in [-0.2, 0) is 4.74 Å². The zero-order chi connectivity index (χ0) is 22.5. The second-order valence-corrected chi connectivity index (χ2v) is 9.56. The highest BCUT2D eigenvalue weighted by molar-refractivity contribution is 7.97. The van der Waals surface area contributed by atoms with Crippen molar-refractivity contribution in [2.75, 3.05) is 46.9 Å². The Bertz CT molecular complexity index is 916. The average molecular weight is 459 g/mol. The second kappa shape index (κ2) is 10.8. The molecule has 0 N–H and O–H groups in total. The number of methoxy groups -OCH3 is 2. The average Bonchev–Trinajstić information content (AvgIpc) is 2.83. The van der Waals surface area contributed by atoms with Crippen LogP contribution in [0.4, 0.5) is 4.39 Å². The van der Waals surface area contributed by atoms with Crippen LogP contribution < -0.4 is 4.74 Å². The van der Waals surface area contributed by atoms with E-state index < -0.39 is 0 Å². The van der Waals surface area contributed by atoms with Crippen LogP contribution in [0.3, 0.4) is 0 Å². The number of nitrogens with zero attached hydrogens (tertiary/aromatic N) is 2. The third kappa shape index (κ3) is 5.34. The van der Waals surface area contributed by atoms with Crippen molar-refractivity contribution in [1.82, 2.24) is 9.21 Å². The Labute approximate surface area is 194 Å². The van der Waals surface area contributed by atoms with Gasteiger partial charge in [0.2, 0.25) is 0 Å². The second-order valence-electron chi connectivity index (χ2n) is 8.42. The fourth-order valence-corrected chi connectivity index (χ4v) is 5.80. The van der Waals surface area contributed by atoms with Crippen molar-refractivity contribution >= 4 is 17.7 Å². The lowest BCUT2D eigenvalue weighted by Crippen LogP contribution is -2.38. The van der Waals surface area contributed by atoms with Gasteiger partial charge in [0, 0.05) is 42.1 Å². The molecule has 2 heterocycles. The molecule has 0 bridgehead atoms. The first kappa shape index (κ1) is 23.2. The van der Waals surface area contributed by atoms with E-state index in [2.05, 4.69) is 15.3 Å². The van der Waals surface area contributed by atoms with E-state index >= 15 is 0 Å². The van der Waals surface area contributed by atoms with Crippen molar-refractivity contribution < 1.29 is 18.7 Å². The van der Waals surface area contributed by atoms with Crippen molar-refractivity contribution in [3.63, 3.8) is 0 Å². The Hall–Kier alpha value is -1.93. The van der Waals surface area contributed by atoms with Gasteiger partial charge in [-0.2, -0.15) is 0 Å². The Balaban J connectivity index is 1.23. The number of likely N-dealkylation sites (tertiary alicyclic amines) is 1. The normalized spacial score (nSPS) is 20.2. The fourth-order valence-electron chi connectivity index (χ4n) is 4.62. The summed E-state index contributed by atoms with van der Waals surface area (Å²) in [6.45, 7) is 4.71. The van der Waals surface area contributed by atoms with Gasteiger partial charge in [-0.3, -0.25) is 4.79 Å². The van der Waals surface area contributed by atoms with Crippen LogP contribution in [0.2, 0.25) is 0 Å². The van der Waals surface area contributed by atoms with E-state index in [4.69, 9.17) is 9.47 Å². The van der Waals surface area contributed by atoms with Crippen molar-refractivity contribution in [3.05, 3.63) is 59.4 Å². The molecule has 32 heavy (non-hydrogen) atoms. The summed E-state index contributed by atoms with van der Waals surface area (Å²) in [6, 6.07) is 12.1. The molecule has 2 aromatic carbocycles. The number of hydrogen-bond donors (Lipinski definition) is 0. The number of carbonyl (C=O) groups excluding carboxylic acids is 1. The lowest BCUT2D eigenvalue weighted by Gasteiger charge is -2.35. The molecule has 1 unspecified atom stereocenters. The number of ether oxygens (including phenoxy) is 2. The number of rotatable bonds is 8. The van der Waals surface area contributed by atoms with Gasteiger partial charge in [0.15, 0.2) is 5.78 Å². The maximum atomic E-state index is 13.1. The predicted octanol–water partition coefficient (Wildman–Crippen LogP) is 4.83. The van der Waals surface area contributed by atoms with Crippen LogP contribution in [0.25, 0.3) is 0 Å². The fraction of sp³-hybridized carbons (Fsp3) is 0.480. The molecule has 0 aliphatic carbocycles. The van der Waals surface area contributed by atoms with Crippen molar-refractivity contribution in [1.29, 1.82) is 0 Å². The summed E-state index contributed by atoms with van der Waals surface area (Å²) < 4.78 is 26.8. The van der Waals surface area contributed by atoms with Crippen LogP contribution in [-0.4, -0.2) is 61.9 Å². The van der Waals surface area contributed by atoms with Gasteiger partial charge in [0.1, 0.15) is 17.7 Å². The highest BCUT2D eigenvalue weighted by atomic mass is 32.2. The topological polar surface area (TPSA) is 42.0 Å². The third-order valence-corrected chi connectivity index (χ3v) is 7.56. The number of halogens is 1. The lowest BCUT2D eigenvalue weighted by molar-refractivity contribution is 0.0772. The Morgan fingerprint density at radius 1 is 1.09 bits per heavy atom. The highest BCUT2D eigenvalue weighted by Gasteiger charge is 2.29. The van der Waals surface area contributed by atoms with E-state index in [1.165, 1.54) is 17.0 Å². The van der Waals surface area contributed by atoms with Gasteiger partial charge in [-0.15, -0.1) is 0 Å². The van der Waals surface area contributed by atoms with Crippen LogP contribution in [0.1, 0.15) is 41.3 Å². The van der Waals surface area contributed by atoms with Gasteiger partial charge in [-0.05, 0) is 87.2 Å². The number of carbonyl (C=O) groups is 1. The Morgan fingerprint density at radius 2 is 1.84 bits per heavy atom. The van der Waals surface area contributed by atoms with E-state index in [1.54, 1.807) is 38.3 Å². The Kier molecular flexibility index (Phi) is 7.84. The maximum Gasteiger partial charge on any atom is 0.166 e. The molecule has 7 heteroatoms. The number of hydrogen-bond acceptors (Lipinski definition) is 6. The van der Waals surface area contributed by atoms with Crippen LogP contribution >= 0.6 is 11.9 Å². The Morgan fingerprint density at radius 3 is 2.53 bits per heavy atom. The molecule has 1 fully saturated rings. The highest BCUT2D eigenvalue weighted by Crippen LogP contribution is 2.42. The summed E-state index contributed by atoms with van der Waals surface area (Å²) in [4.78, 5) is 16.3. The smallest absolute Gasteiger partial charge is 0.166 e. The number of piperidine rings is 1. The minimum Gasteiger partial charge on any atom is -0.496 e. The molecule has 4 rings (SSSR count). The number of Topliss-reactive ketones (excluding diaryl/α,β-unsaturated/α-hetero) is 1. The number of fused-ring (bicyclic) bond motifs is 1. The molecule has 1 saturated heterocycles. The summed E-state index contributed by atoms with van der Waals surface area (Å²) in [5, 5.41) is 0. The molecule has 1 atom stereocenters. The van der Waals surface area contributed by atoms with Crippen LogP contribution in [0.15, 0.2) is 47.4 Å². The van der Waals surface area contributed by atoms with Gasteiger partial charge in [-0.1, -0.05) is 6.07 Å². The zero-order valence-electron chi connectivity index (χ0n) is 18.8. The van der Waals surface area contributed by atoms with Crippen LogP contribution in [0.5, 0.6) is 5.75 Å². The summed E-state index contributed by atoms with van der Waals surface area (Å²) in [6.07, 6.45) is 2.82. The molecule has 0 amide bonds. The molecule has 172 valence electrons. The predicted molar refractivity (Wildman–Crippen MR) is 125 cm³/mol. The monoisotopic (exact) mass is 458 g/mol. The number of benzene rings is 2. The van der Waals surface area contributed by atoms with E-state index in [-0.39, 0.29) is 23.6 Å². The molecule has 2 aliphatic heterocycles.